The molecule has 14 heavy (non-hydrogen) atoms. The quantitative estimate of drug-likeness (QED) is 0.659. The molecule has 1 unspecified atom stereocenters. The first kappa shape index (κ1) is 13.9. The first-order valence-corrected chi connectivity index (χ1v) is 5.47. The molecule has 0 aliphatic heterocycles. The molecule has 1 atom stereocenters. The van der Waals surface area contributed by atoms with E-state index in [1.807, 2.05) is 7.11 Å². The molecule has 0 rings (SSSR count). The number of hydrogen-bond donors (Lipinski definition) is 0. The second-order valence-corrected chi connectivity index (χ2v) is 4.72. The van der Waals surface area contributed by atoms with Gasteiger partial charge in [-0.05, 0) is 11.8 Å². The van der Waals surface area contributed by atoms with Crippen LogP contribution in [0.4, 0.5) is 0 Å². The zero-order valence-corrected chi connectivity index (χ0v) is 10.8. The average molecular weight is 202 g/mol. The van der Waals surface area contributed by atoms with Crippen molar-refractivity contribution in [1.29, 1.82) is 0 Å². The second-order valence-electron chi connectivity index (χ2n) is 4.72. The van der Waals surface area contributed by atoms with E-state index in [2.05, 4.69) is 34.6 Å². The molecule has 2 heteroatoms. The zero-order valence-electron chi connectivity index (χ0n) is 10.8. The Morgan fingerprint density at radius 1 is 0.929 bits per heavy atom. The number of hydrogen-bond acceptors (Lipinski definition) is 2. The molecule has 0 aliphatic rings. The van der Waals surface area contributed by atoms with Crippen molar-refractivity contribution in [2.45, 2.75) is 40.2 Å². The van der Waals surface area contributed by atoms with Crippen molar-refractivity contribution in [3.05, 3.63) is 0 Å². The zero-order chi connectivity index (χ0) is 11.4. The maximum Gasteiger partial charge on any atom is 0.0771 e. The summed E-state index contributed by atoms with van der Waals surface area (Å²) in [7, 11) is 3.56. The van der Waals surface area contributed by atoms with Gasteiger partial charge < -0.3 is 9.47 Å². The Bertz CT molecular complexity index is 144. The fraction of sp³-hybridized carbons (Fsp3) is 1.00. The third-order valence-electron chi connectivity index (χ3n) is 3.35. The van der Waals surface area contributed by atoms with Gasteiger partial charge in [0.1, 0.15) is 0 Å². The lowest BCUT2D eigenvalue weighted by atomic mass is 9.72. The molecular weight excluding hydrogens is 176 g/mol. The fourth-order valence-corrected chi connectivity index (χ4v) is 2.86. The molecule has 0 amide bonds. The Labute approximate surface area is 89.0 Å². The van der Waals surface area contributed by atoms with Crippen LogP contribution in [0.1, 0.15) is 34.6 Å². The first-order chi connectivity index (χ1) is 6.43. The lowest BCUT2D eigenvalue weighted by Gasteiger charge is -2.44. The van der Waals surface area contributed by atoms with Gasteiger partial charge in [-0.25, -0.2) is 0 Å². The predicted molar refractivity (Wildman–Crippen MR) is 60.5 cm³/mol. The van der Waals surface area contributed by atoms with Gasteiger partial charge in [0.25, 0.3) is 0 Å². The summed E-state index contributed by atoms with van der Waals surface area (Å²) >= 11 is 0. The smallest absolute Gasteiger partial charge is 0.0771 e. The molecular formula is C12H26O2. The van der Waals surface area contributed by atoms with Crippen LogP contribution in [0.5, 0.6) is 0 Å². The molecule has 86 valence electrons. The summed E-state index contributed by atoms with van der Waals surface area (Å²) < 4.78 is 11.0. The molecule has 0 fully saturated rings. The molecule has 0 bridgehead atoms. The lowest BCUT2D eigenvalue weighted by Crippen LogP contribution is -2.50. The topological polar surface area (TPSA) is 18.5 Å². The van der Waals surface area contributed by atoms with Crippen LogP contribution in [0.2, 0.25) is 0 Å². The molecule has 0 radical (unpaired) electrons. The molecule has 0 heterocycles. The van der Waals surface area contributed by atoms with E-state index in [0.29, 0.717) is 17.8 Å². The van der Waals surface area contributed by atoms with Crippen LogP contribution in [0.15, 0.2) is 0 Å². The Kier molecular flexibility index (Phi) is 5.68. The van der Waals surface area contributed by atoms with Gasteiger partial charge >= 0.3 is 0 Å². The van der Waals surface area contributed by atoms with E-state index in [-0.39, 0.29) is 5.60 Å². The number of methoxy groups -OCH3 is 2. The van der Waals surface area contributed by atoms with Crippen molar-refractivity contribution in [2.75, 3.05) is 20.8 Å². The molecule has 0 aromatic carbocycles. The van der Waals surface area contributed by atoms with Crippen molar-refractivity contribution in [2.24, 2.45) is 17.8 Å². The van der Waals surface area contributed by atoms with Crippen LogP contribution < -0.4 is 0 Å². The van der Waals surface area contributed by atoms with Crippen molar-refractivity contribution in [1.82, 2.24) is 0 Å². The summed E-state index contributed by atoms with van der Waals surface area (Å²) in [6, 6.07) is 0. The van der Waals surface area contributed by atoms with E-state index >= 15 is 0 Å². The summed E-state index contributed by atoms with van der Waals surface area (Å²) in [6.45, 7) is 11.8. The van der Waals surface area contributed by atoms with Crippen LogP contribution in [-0.2, 0) is 9.47 Å². The van der Waals surface area contributed by atoms with E-state index in [1.165, 1.54) is 0 Å². The van der Waals surface area contributed by atoms with Crippen molar-refractivity contribution < 1.29 is 9.47 Å². The normalized spacial score (nSPS) is 15.2. The SMILES string of the molecule is COCC(C)C(OC)(C(C)C)C(C)C. The lowest BCUT2D eigenvalue weighted by molar-refractivity contribution is -0.134. The third kappa shape index (κ3) is 2.48. The standard InChI is InChI=1S/C12H26O2/c1-9(2)12(14-7,10(3)4)11(5)8-13-6/h9-11H,8H2,1-7H3. The van der Waals surface area contributed by atoms with Gasteiger partial charge in [0, 0.05) is 20.1 Å². The predicted octanol–water partition coefficient (Wildman–Crippen LogP) is 2.97. The van der Waals surface area contributed by atoms with E-state index < -0.39 is 0 Å². The molecule has 0 saturated heterocycles. The van der Waals surface area contributed by atoms with Crippen LogP contribution >= 0.6 is 0 Å². The minimum Gasteiger partial charge on any atom is -0.384 e. The average Bonchev–Trinajstić information content (AvgIpc) is 2.05. The first-order valence-electron chi connectivity index (χ1n) is 5.47. The summed E-state index contributed by atoms with van der Waals surface area (Å²) in [5, 5.41) is 0. The highest BCUT2D eigenvalue weighted by molar-refractivity contribution is 4.91. The van der Waals surface area contributed by atoms with E-state index in [9.17, 15) is 0 Å². The summed E-state index contributed by atoms with van der Waals surface area (Å²) in [5.74, 6) is 1.41. The molecule has 0 saturated carbocycles. The number of ether oxygens (including phenoxy) is 2. The largest absolute Gasteiger partial charge is 0.384 e. The van der Waals surface area contributed by atoms with Crippen LogP contribution in [0, 0.1) is 17.8 Å². The van der Waals surface area contributed by atoms with Gasteiger partial charge in [-0.2, -0.15) is 0 Å². The van der Waals surface area contributed by atoms with E-state index in [0.717, 1.165) is 6.61 Å². The summed E-state index contributed by atoms with van der Waals surface area (Å²) in [5.41, 5.74) is -0.0734. The minimum atomic E-state index is -0.0734. The van der Waals surface area contributed by atoms with Crippen LogP contribution in [0.25, 0.3) is 0 Å². The molecule has 0 aromatic heterocycles. The van der Waals surface area contributed by atoms with Gasteiger partial charge in [-0.1, -0.05) is 34.6 Å². The van der Waals surface area contributed by atoms with Gasteiger partial charge in [-0.15, -0.1) is 0 Å². The summed E-state index contributed by atoms with van der Waals surface area (Å²) in [4.78, 5) is 0. The van der Waals surface area contributed by atoms with Gasteiger partial charge in [0.05, 0.1) is 12.2 Å². The van der Waals surface area contributed by atoms with Crippen molar-refractivity contribution in [3.8, 4) is 0 Å². The Morgan fingerprint density at radius 3 is 1.57 bits per heavy atom. The monoisotopic (exact) mass is 202 g/mol. The molecule has 0 aliphatic carbocycles. The maximum atomic E-state index is 5.80. The van der Waals surface area contributed by atoms with Gasteiger partial charge in [0.15, 0.2) is 0 Å². The van der Waals surface area contributed by atoms with E-state index in [1.54, 1.807) is 7.11 Å². The Morgan fingerprint density at radius 2 is 1.36 bits per heavy atom. The highest BCUT2D eigenvalue weighted by atomic mass is 16.5. The van der Waals surface area contributed by atoms with Crippen LogP contribution in [-0.4, -0.2) is 26.4 Å². The van der Waals surface area contributed by atoms with E-state index in [4.69, 9.17) is 9.47 Å². The molecule has 0 N–H and O–H groups in total. The van der Waals surface area contributed by atoms with Crippen molar-refractivity contribution in [3.63, 3.8) is 0 Å². The molecule has 0 aromatic rings. The van der Waals surface area contributed by atoms with Gasteiger partial charge in [-0.3, -0.25) is 0 Å². The van der Waals surface area contributed by atoms with Gasteiger partial charge in [0.2, 0.25) is 0 Å². The highest BCUT2D eigenvalue weighted by Gasteiger charge is 2.42. The minimum absolute atomic E-state index is 0.0734. The summed E-state index contributed by atoms with van der Waals surface area (Å²) in [6.07, 6.45) is 0. The third-order valence-corrected chi connectivity index (χ3v) is 3.35. The second kappa shape index (κ2) is 5.72. The molecule has 2 nitrogen and oxygen atoms in total. The molecule has 0 spiro atoms. The fourth-order valence-electron chi connectivity index (χ4n) is 2.86. The number of rotatable bonds is 6. The van der Waals surface area contributed by atoms with Crippen LogP contribution in [0.3, 0.4) is 0 Å². The maximum absolute atomic E-state index is 5.80. The highest BCUT2D eigenvalue weighted by Crippen LogP contribution is 2.37. The van der Waals surface area contributed by atoms with Crippen molar-refractivity contribution >= 4 is 0 Å². The Hall–Kier alpha value is -0.0800. The Balaban J connectivity index is 4.83.